The third-order valence-electron chi connectivity index (χ3n) is 3.37. The molecule has 0 unspecified atom stereocenters. The van der Waals surface area contributed by atoms with Gasteiger partial charge in [-0.05, 0) is 12.6 Å². The smallest absolute Gasteiger partial charge is 0.249 e. The molecule has 0 radical (unpaired) electrons. The zero-order valence-corrected chi connectivity index (χ0v) is 13.4. The fourth-order valence-electron chi connectivity index (χ4n) is 2.23. The van der Waals surface area contributed by atoms with Crippen molar-refractivity contribution < 1.29 is 14.3 Å². The minimum Gasteiger partial charge on any atom is -0.369 e. The molecule has 122 valence electrons. The van der Waals surface area contributed by atoms with Gasteiger partial charge in [0.05, 0.1) is 6.61 Å². The highest BCUT2D eigenvalue weighted by Gasteiger charge is 2.33. The average molecular weight is 328 g/mol. The lowest BCUT2D eigenvalue weighted by atomic mass is 10.1. The number of amides is 2. The molecule has 2 rings (SSSR count). The number of hydrogen-bond donors (Lipinski definition) is 2. The second kappa shape index (κ2) is 9.40. The van der Waals surface area contributed by atoms with E-state index in [0.29, 0.717) is 19.6 Å². The Morgan fingerprint density at radius 1 is 1.32 bits per heavy atom. The summed E-state index contributed by atoms with van der Waals surface area (Å²) in [5, 5.41) is 5.77. The number of benzene rings is 1. The standard InChI is InChI=1S/C15H21N3O3.ClH/c1-16-7-8-17-15(20)13-10-21-11-14(19)18(13)9-12-5-3-2-4-6-12;/h2-6,13,16H,7-11H2,1H3,(H,17,20);1H/t13-;/m1./s1. The van der Waals surface area contributed by atoms with Crippen LogP contribution < -0.4 is 10.6 Å². The van der Waals surface area contributed by atoms with E-state index in [4.69, 9.17) is 4.74 Å². The number of nitrogens with zero attached hydrogens (tertiary/aromatic N) is 1. The van der Waals surface area contributed by atoms with Crippen molar-refractivity contribution in [3.8, 4) is 0 Å². The summed E-state index contributed by atoms with van der Waals surface area (Å²) in [6.07, 6.45) is 0. The van der Waals surface area contributed by atoms with Gasteiger partial charge in [-0.25, -0.2) is 0 Å². The Balaban J connectivity index is 0.00000242. The first-order valence-corrected chi connectivity index (χ1v) is 7.06. The van der Waals surface area contributed by atoms with E-state index >= 15 is 0 Å². The number of morpholine rings is 1. The maximum Gasteiger partial charge on any atom is 0.249 e. The molecule has 1 atom stereocenters. The monoisotopic (exact) mass is 327 g/mol. The third-order valence-corrected chi connectivity index (χ3v) is 3.37. The Bertz CT molecular complexity index is 484. The van der Waals surface area contributed by atoms with E-state index < -0.39 is 6.04 Å². The predicted molar refractivity (Wildman–Crippen MR) is 85.8 cm³/mol. The van der Waals surface area contributed by atoms with Crippen LogP contribution in [-0.4, -0.2) is 56.1 Å². The summed E-state index contributed by atoms with van der Waals surface area (Å²) < 4.78 is 5.22. The minimum absolute atomic E-state index is 0. The van der Waals surface area contributed by atoms with E-state index in [1.165, 1.54) is 0 Å². The molecule has 0 saturated carbocycles. The van der Waals surface area contributed by atoms with Gasteiger partial charge in [0, 0.05) is 19.6 Å². The Kier molecular flexibility index (Phi) is 7.87. The van der Waals surface area contributed by atoms with E-state index in [0.717, 1.165) is 5.56 Å². The van der Waals surface area contributed by atoms with Crippen LogP contribution in [0.2, 0.25) is 0 Å². The largest absolute Gasteiger partial charge is 0.369 e. The molecule has 2 N–H and O–H groups in total. The van der Waals surface area contributed by atoms with Gasteiger partial charge in [0.1, 0.15) is 12.6 Å². The number of likely N-dealkylation sites (N-methyl/N-ethyl adjacent to an activating group) is 1. The molecule has 22 heavy (non-hydrogen) atoms. The fraction of sp³-hybridized carbons (Fsp3) is 0.467. The Morgan fingerprint density at radius 3 is 2.73 bits per heavy atom. The van der Waals surface area contributed by atoms with Crippen LogP contribution in [0.1, 0.15) is 5.56 Å². The lowest BCUT2D eigenvalue weighted by Gasteiger charge is -2.34. The lowest BCUT2D eigenvalue weighted by molar-refractivity contribution is -0.155. The van der Waals surface area contributed by atoms with E-state index in [2.05, 4.69) is 10.6 Å². The molecule has 0 spiro atoms. The summed E-state index contributed by atoms with van der Waals surface area (Å²) in [7, 11) is 1.82. The van der Waals surface area contributed by atoms with E-state index in [-0.39, 0.29) is 37.4 Å². The first-order valence-electron chi connectivity index (χ1n) is 7.06. The molecular weight excluding hydrogens is 306 g/mol. The Labute approximate surface area is 136 Å². The first kappa shape index (κ1) is 18.4. The summed E-state index contributed by atoms with van der Waals surface area (Å²) in [6.45, 7) is 1.91. The lowest BCUT2D eigenvalue weighted by Crippen LogP contribution is -2.56. The highest BCUT2D eigenvalue weighted by molar-refractivity contribution is 5.89. The second-order valence-electron chi connectivity index (χ2n) is 4.93. The molecule has 1 aromatic rings. The van der Waals surface area contributed by atoms with Crippen molar-refractivity contribution in [2.24, 2.45) is 0 Å². The van der Waals surface area contributed by atoms with Crippen LogP contribution in [0, 0.1) is 0 Å². The van der Waals surface area contributed by atoms with Crippen molar-refractivity contribution in [3.05, 3.63) is 35.9 Å². The van der Waals surface area contributed by atoms with E-state index in [1.807, 2.05) is 37.4 Å². The van der Waals surface area contributed by atoms with Gasteiger partial charge in [0.15, 0.2) is 0 Å². The summed E-state index contributed by atoms with van der Waals surface area (Å²) in [5.74, 6) is -0.326. The van der Waals surface area contributed by atoms with Crippen LogP contribution >= 0.6 is 12.4 Å². The van der Waals surface area contributed by atoms with Gasteiger partial charge in [-0.3, -0.25) is 9.59 Å². The molecule has 1 aliphatic rings. The maximum absolute atomic E-state index is 12.2. The van der Waals surface area contributed by atoms with Gasteiger partial charge in [-0.2, -0.15) is 0 Å². The topological polar surface area (TPSA) is 70.7 Å². The van der Waals surface area contributed by atoms with Crippen LogP contribution in [0.4, 0.5) is 0 Å². The van der Waals surface area contributed by atoms with Gasteiger partial charge in [0.25, 0.3) is 0 Å². The fourth-order valence-corrected chi connectivity index (χ4v) is 2.23. The third kappa shape index (κ3) is 4.98. The number of carbonyl (C=O) groups excluding carboxylic acids is 2. The molecule has 1 fully saturated rings. The second-order valence-corrected chi connectivity index (χ2v) is 4.93. The molecule has 1 aromatic carbocycles. The Morgan fingerprint density at radius 2 is 2.05 bits per heavy atom. The van der Waals surface area contributed by atoms with Crippen molar-refractivity contribution >= 4 is 24.2 Å². The number of halogens is 1. The van der Waals surface area contributed by atoms with Gasteiger partial charge >= 0.3 is 0 Å². The molecule has 6 nitrogen and oxygen atoms in total. The first-order chi connectivity index (χ1) is 10.2. The van der Waals surface area contributed by atoms with Gasteiger partial charge in [0.2, 0.25) is 11.8 Å². The molecule has 7 heteroatoms. The average Bonchev–Trinajstić information content (AvgIpc) is 2.50. The zero-order chi connectivity index (χ0) is 15.1. The summed E-state index contributed by atoms with van der Waals surface area (Å²) in [4.78, 5) is 25.8. The summed E-state index contributed by atoms with van der Waals surface area (Å²) >= 11 is 0. The molecule has 1 aliphatic heterocycles. The van der Waals surface area contributed by atoms with Crippen molar-refractivity contribution in [1.82, 2.24) is 15.5 Å². The van der Waals surface area contributed by atoms with Crippen molar-refractivity contribution in [2.45, 2.75) is 12.6 Å². The van der Waals surface area contributed by atoms with Crippen LogP contribution in [0.5, 0.6) is 0 Å². The highest BCUT2D eigenvalue weighted by Crippen LogP contribution is 2.13. The van der Waals surface area contributed by atoms with Gasteiger partial charge in [-0.1, -0.05) is 30.3 Å². The number of carbonyl (C=O) groups is 2. The summed E-state index contributed by atoms with van der Waals surface area (Å²) in [5.41, 5.74) is 1.00. The van der Waals surface area contributed by atoms with Crippen LogP contribution in [-0.2, 0) is 20.9 Å². The zero-order valence-electron chi connectivity index (χ0n) is 12.6. The molecule has 2 amide bonds. The SMILES string of the molecule is CNCCNC(=O)[C@H]1COCC(=O)N1Cc1ccccc1.Cl. The molecule has 1 saturated heterocycles. The van der Waals surface area contributed by atoms with Crippen molar-refractivity contribution in [1.29, 1.82) is 0 Å². The normalized spacial score (nSPS) is 17.8. The quantitative estimate of drug-likeness (QED) is 0.731. The van der Waals surface area contributed by atoms with Gasteiger partial charge < -0.3 is 20.3 Å². The number of nitrogens with one attached hydrogen (secondary N) is 2. The van der Waals surface area contributed by atoms with Crippen LogP contribution in [0.25, 0.3) is 0 Å². The molecule has 0 aromatic heterocycles. The van der Waals surface area contributed by atoms with Crippen molar-refractivity contribution in [3.63, 3.8) is 0 Å². The number of hydrogen-bond acceptors (Lipinski definition) is 4. The number of ether oxygens (including phenoxy) is 1. The molecule has 0 bridgehead atoms. The van der Waals surface area contributed by atoms with Gasteiger partial charge in [-0.15, -0.1) is 12.4 Å². The van der Waals surface area contributed by atoms with E-state index in [1.54, 1.807) is 4.90 Å². The number of rotatable bonds is 6. The molecular formula is C15H22ClN3O3. The minimum atomic E-state index is -0.566. The molecule has 1 heterocycles. The predicted octanol–water partition coefficient (Wildman–Crippen LogP) is 0.171. The van der Waals surface area contributed by atoms with Crippen LogP contribution in [0.3, 0.4) is 0 Å². The van der Waals surface area contributed by atoms with Crippen molar-refractivity contribution in [2.75, 3.05) is 33.4 Å². The summed E-state index contributed by atoms with van der Waals surface area (Å²) in [6, 6.07) is 9.08. The Hall–Kier alpha value is -1.63. The molecule has 0 aliphatic carbocycles. The van der Waals surface area contributed by atoms with Crippen LogP contribution in [0.15, 0.2) is 30.3 Å². The highest BCUT2D eigenvalue weighted by atomic mass is 35.5. The maximum atomic E-state index is 12.2. The van der Waals surface area contributed by atoms with E-state index in [9.17, 15) is 9.59 Å².